The first-order chi connectivity index (χ1) is 18.8. The van der Waals surface area contributed by atoms with Gasteiger partial charge in [0.15, 0.2) is 0 Å². The van der Waals surface area contributed by atoms with Gasteiger partial charge < -0.3 is 25.2 Å². The fraction of sp³-hybridized carbons (Fsp3) is 0.379. The highest BCUT2D eigenvalue weighted by Crippen LogP contribution is 2.53. The summed E-state index contributed by atoms with van der Waals surface area (Å²) < 4.78 is 22.8. The number of amides is 1. The number of halogens is 3. The van der Waals surface area contributed by atoms with Crippen LogP contribution in [0.1, 0.15) is 65.5 Å². The minimum absolute atomic E-state index is 0.112. The van der Waals surface area contributed by atoms with Crippen molar-refractivity contribution < 1.29 is 34.3 Å². The monoisotopic (exact) mass is 590 g/mol. The van der Waals surface area contributed by atoms with E-state index in [0.29, 0.717) is 22.9 Å². The summed E-state index contributed by atoms with van der Waals surface area (Å²) in [6.07, 6.45) is 0.646. The molecule has 1 aliphatic heterocycles. The Bertz CT molecular complexity index is 1430. The first kappa shape index (κ1) is 28.9. The molecule has 1 fully saturated rings. The van der Waals surface area contributed by atoms with Crippen LogP contribution in [0.15, 0.2) is 54.7 Å². The lowest BCUT2D eigenvalue weighted by Gasteiger charge is -2.45. The third kappa shape index (κ3) is 5.00. The number of carbonyl (C=O) groups excluding carboxylic acids is 1. The average Bonchev–Trinajstić information content (AvgIpc) is 3.59. The van der Waals surface area contributed by atoms with E-state index in [1.54, 1.807) is 24.3 Å². The molecule has 1 amide bonds. The van der Waals surface area contributed by atoms with Crippen LogP contribution < -0.4 is 0 Å². The summed E-state index contributed by atoms with van der Waals surface area (Å²) in [5, 5.41) is 43.3. The topological polar surface area (TPSA) is 123 Å². The largest absolute Gasteiger partial charge is 0.394 e. The lowest BCUT2D eigenvalue weighted by atomic mass is 9.88. The number of aliphatic hydroxyl groups is 4. The third-order valence-electron chi connectivity index (χ3n) is 7.42. The van der Waals surface area contributed by atoms with Crippen molar-refractivity contribution in [3.63, 3.8) is 0 Å². The molecule has 2 aliphatic rings. The van der Waals surface area contributed by atoms with E-state index in [2.05, 4.69) is 4.98 Å². The number of pyridine rings is 1. The van der Waals surface area contributed by atoms with Gasteiger partial charge in [-0.25, -0.2) is 4.39 Å². The Morgan fingerprint density at radius 3 is 2.33 bits per heavy atom. The highest BCUT2D eigenvalue weighted by molar-refractivity contribution is 6.30. The SMILES string of the molecule is CC(C)(O)c1cc(F)c2c(c1)C(=O)N([C@H](c1ccc(Cl)cn1)C(O)CO)[C@@]2(OCC1(O)CC1)c1ccc(Cl)cc1. The Balaban J connectivity index is 1.84. The molecule has 3 aromatic rings. The summed E-state index contributed by atoms with van der Waals surface area (Å²) in [6.45, 7) is 1.90. The number of rotatable bonds is 9. The normalized spacial score (nSPS) is 21.3. The predicted octanol–water partition coefficient (Wildman–Crippen LogP) is 4.05. The number of nitrogens with zero attached hydrogens (tertiary/aromatic N) is 2. The number of ether oxygens (including phenoxy) is 1. The molecule has 1 aromatic heterocycles. The van der Waals surface area contributed by atoms with Gasteiger partial charge in [0.05, 0.1) is 46.3 Å². The number of fused-ring (bicyclic) bond motifs is 1. The summed E-state index contributed by atoms with van der Waals surface area (Å²) in [7, 11) is 0. The van der Waals surface area contributed by atoms with Crippen molar-refractivity contribution in [1.82, 2.24) is 9.88 Å². The second-order valence-electron chi connectivity index (χ2n) is 10.9. The molecule has 0 spiro atoms. The van der Waals surface area contributed by atoms with Gasteiger partial charge in [-0.2, -0.15) is 0 Å². The van der Waals surface area contributed by atoms with Crippen LogP contribution in [-0.4, -0.2) is 61.1 Å². The number of benzene rings is 2. The number of carbonyl (C=O) groups is 1. The van der Waals surface area contributed by atoms with Gasteiger partial charge in [0.1, 0.15) is 18.0 Å². The molecule has 2 heterocycles. The zero-order valence-corrected chi connectivity index (χ0v) is 23.3. The average molecular weight is 591 g/mol. The molecule has 40 heavy (non-hydrogen) atoms. The Hall–Kier alpha value is -2.63. The van der Waals surface area contributed by atoms with Crippen LogP contribution in [0, 0.1) is 5.82 Å². The summed E-state index contributed by atoms with van der Waals surface area (Å²) in [4.78, 5) is 19.8. The lowest BCUT2D eigenvalue weighted by Crippen LogP contribution is -2.53. The highest BCUT2D eigenvalue weighted by atomic mass is 35.5. The Kier molecular flexibility index (Phi) is 7.46. The number of hydrogen-bond donors (Lipinski definition) is 4. The van der Waals surface area contributed by atoms with Gasteiger partial charge in [0.2, 0.25) is 5.72 Å². The van der Waals surface area contributed by atoms with Crippen molar-refractivity contribution in [3.05, 3.63) is 98.5 Å². The summed E-state index contributed by atoms with van der Waals surface area (Å²) >= 11 is 12.2. The van der Waals surface area contributed by atoms with Crippen LogP contribution in [0.5, 0.6) is 0 Å². The molecular weight excluding hydrogens is 562 g/mol. The van der Waals surface area contributed by atoms with Gasteiger partial charge in [-0.1, -0.05) is 35.3 Å². The van der Waals surface area contributed by atoms with E-state index in [4.69, 9.17) is 27.9 Å². The first-order valence-corrected chi connectivity index (χ1v) is 13.5. The molecule has 0 bridgehead atoms. The van der Waals surface area contributed by atoms with Crippen LogP contribution in [0.2, 0.25) is 10.0 Å². The molecule has 3 atom stereocenters. The summed E-state index contributed by atoms with van der Waals surface area (Å²) in [5.41, 5.74) is -4.38. The fourth-order valence-corrected chi connectivity index (χ4v) is 5.30. The Morgan fingerprint density at radius 1 is 1.12 bits per heavy atom. The molecule has 0 radical (unpaired) electrons. The second kappa shape index (κ2) is 10.3. The van der Waals surface area contributed by atoms with E-state index in [0.717, 1.165) is 11.0 Å². The fourth-order valence-electron chi connectivity index (χ4n) is 5.06. The van der Waals surface area contributed by atoms with E-state index >= 15 is 4.39 Å². The van der Waals surface area contributed by atoms with E-state index < -0.39 is 47.4 Å². The molecule has 1 saturated carbocycles. The minimum Gasteiger partial charge on any atom is -0.394 e. The van der Waals surface area contributed by atoms with Crippen LogP contribution in [0.25, 0.3) is 0 Å². The molecule has 4 N–H and O–H groups in total. The maximum absolute atomic E-state index is 16.3. The smallest absolute Gasteiger partial charge is 0.257 e. The summed E-state index contributed by atoms with van der Waals surface area (Å²) in [6, 6.07) is 10.4. The number of aromatic nitrogens is 1. The van der Waals surface area contributed by atoms with Crippen molar-refractivity contribution in [2.24, 2.45) is 0 Å². The maximum Gasteiger partial charge on any atom is 0.257 e. The zero-order chi connectivity index (χ0) is 29.0. The maximum atomic E-state index is 16.3. The van der Waals surface area contributed by atoms with Crippen LogP contribution in [-0.2, 0) is 16.1 Å². The van der Waals surface area contributed by atoms with Gasteiger partial charge >= 0.3 is 0 Å². The van der Waals surface area contributed by atoms with Gasteiger partial charge in [-0.3, -0.25) is 14.7 Å². The molecular formula is C29H29Cl2FN2O6. The molecule has 8 nitrogen and oxygen atoms in total. The highest BCUT2D eigenvalue weighted by Gasteiger charge is 2.59. The van der Waals surface area contributed by atoms with Crippen molar-refractivity contribution in [2.45, 2.75) is 55.8 Å². The first-order valence-electron chi connectivity index (χ1n) is 12.7. The van der Waals surface area contributed by atoms with Crippen molar-refractivity contribution in [1.29, 1.82) is 0 Å². The third-order valence-corrected chi connectivity index (χ3v) is 7.89. The molecule has 2 aromatic carbocycles. The van der Waals surface area contributed by atoms with E-state index in [1.807, 2.05) is 0 Å². The van der Waals surface area contributed by atoms with Gasteiger partial charge in [0.25, 0.3) is 5.91 Å². The standard InChI is InChI=1S/C29H29Cl2FN2O6/c1-27(2,38)17-11-20-24(21(32)12-17)29(40-15-28(39)9-10-28,16-3-5-18(30)6-4-16)34(26(20)37)25(23(36)14-35)22-8-7-19(31)13-33-22/h3-8,11-13,23,25,35-36,38-39H,9-10,14-15H2,1-2H3/t23?,25-,29-/m1/s1. The van der Waals surface area contributed by atoms with Crippen molar-refractivity contribution in [2.75, 3.05) is 13.2 Å². The Labute approximate surface area is 240 Å². The van der Waals surface area contributed by atoms with Crippen LogP contribution in [0.4, 0.5) is 4.39 Å². The molecule has 1 aliphatic carbocycles. The Morgan fingerprint density at radius 2 is 1.77 bits per heavy atom. The van der Waals surface area contributed by atoms with Crippen molar-refractivity contribution in [3.8, 4) is 0 Å². The molecule has 212 valence electrons. The van der Waals surface area contributed by atoms with Gasteiger partial charge in [-0.15, -0.1) is 0 Å². The quantitative estimate of drug-likeness (QED) is 0.296. The lowest BCUT2D eigenvalue weighted by molar-refractivity contribution is -0.162. The van der Waals surface area contributed by atoms with Crippen LogP contribution in [0.3, 0.4) is 0 Å². The molecule has 1 unspecified atom stereocenters. The van der Waals surface area contributed by atoms with E-state index in [1.165, 1.54) is 38.2 Å². The number of hydrogen-bond acceptors (Lipinski definition) is 7. The molecule has 11 heteroatoms. The minimum atomic E-state index is -2.03. The predicted molar refractivity (Wildman–Crippen MR) is 145 cm³/mol. The summed E-state index contributed by atoms with van der Waals surface area (Å²) in [5.74, 6) is -1.59. The van der Waals surface area contributed by atoms with E-state index in [9.17, 15) is 25.2 Å². The second-order valence-corrected chi connectivity index (χ2v) is 11.7. The zero-order valence-electron chi connectivity index (χ0n) is 21.8. The van der Waals surface area contributed by atoms with Gasteiger partial charge in [-0.05, 0) is 68.7 Å². The van der Waals surface area contributed by atoms with Crippen molar-refractivity contribution >= 4 is 29.1 Å². The van der Waals surface area contributed by atoms with Gasteiger partial charge in [0, 0.05) is 16.8 Å². The molecule has 5 rings (SSSR count). The van der Waals surface area contributed by atoms with Crippen LogP contribution >= 0.6 is 23.2 Å². The number of aliphatic hydroxyl groups excluding tert-OH is 2. The molecule has 0 saturated heterocycles. The van der Waals surface area contributed by atoms with E-state index in [-0.39, 0.29) is 34.6 Å².